The minimum Gasteiger partial charge on any atom is -0.493 e. The molecule has 2 aliphatic rings. The van der Waals surface area contributed by atoms with Gasteiger partial charge in [0.25, 0.3) is 5.91 Å². The third-order valence-corrected chi connectivity index (χ3v) is 6.57. The van der Waals surface area contributed by atoms with Crippen molar-refractivity contribution in [3.63, 3.8) is 0 Å². The minimum atomic E-state index is 0.0234. The molecule has 4 nitrogen and oxygen atoms in total. The second kappa shape index (κ2) is 9.01. The Balaban J connectivity index is 1.50. The molecule has 4 rings (SSSR count). The summed E-state index contributed by atoms with van der Waals surface area (Å²) in [6.07, 6.45) is 6.31. The summed E-state index contributed by atoms with van der Waals surface area (Å²) in [5, 5.41) is 0. The summed E-state index contributed by atoms with van der Waals surface area (Å²) in [5.74, 6) is 1.34. The average Bonchev–Trinajstić information content (AvgIpc) is 3.35. The molecule has 6 heteroatoms. The number of nitrogens with zero attached hydrogens (tertiary/aromatic N) is 1. The Morgan fingerprint density at radius 3 is 2.62 bits per heavy atom. The van der Waals surface area contributed by atoms with Gasteiger partial charge in [-0.15, -0.1) is 0 Å². The number of thiocarbonyl (C=S) groups is 1. The molecule has 0 bridgehead atoms. The van der Waals surface area contributed by atoms with Crippen molar-refractivity contribution in [3.05, 3.63) is 64.6 Å². The molecule has 0 atom stereocenters. The van der Waals surface area contributed by atoms with Crippen molar-refractivity contribution in [2.75, 3.05) is 7.11 Å². The molecule has 1 amide bonds. The molecular formula is C23H23NO3S2. The molecule has 0 radical (unpaired) electrons. The molecule has 1 heterocycles. The first-order valence-electron chi connectivity index (χ1n) is 9.77. The van der Waals surface area contributed by atoms with Gasteiger partial charge in [-0.05, 0) is 42.2 Å². The maximum Gasteiger partial charge on any atom is 0.266 e. The van der Waals surface area contributed by atoms with Crippen molar-refractivity contribution >= 4 is 40.3 Å². The lowest BCUT2D eigenvalue weighted by Gasteiger charge is -2.21. The van der Waals surface area contributed by atoms with E-state index in [1.807, 2.05) is 59.5 Å². The molecule has 1 aliphatic heterocycles. The van der Waals surface area contributed by atoms with Crippen molar-refractivity contribution in [3.8, 4) is 11.5 Å². The molecular weight excluding hydrogens is 402 g/mol. The molecule has 1 saturated carbocycles. The van der Waals surface area contributed by atoms with Gasteiger partial charge in [0.2, 0.25) is 0 Å². The van der Waals surface area contributed by atoms with E-state index in [0.717, 1.165) is 24.0 Å². The zero-order chi connectivity index (χ0) is 20.2. The topological polar surface area (TPSA) is 38.8 Å². The highest BCUT2D eigenvalue weighted by atomic mass is 32.2. The molecule has 0 unspecified atom stereocenters. The minimum absolute atomic E-state index is 0.0234. The van der Waals surface area contributed by atoms with E-state index in [1.54, 1.807) is 7.11 Å². The molecule has 1 aliphatic carbocycles. The molecule has 0 N–H and O–H groups in total. The van der Waals surface area contributed by atoms with Crippen LogP contribution in [0.1, 0.15) is 36.8 Å². The Labute approximate surface area is 180 Å². The Bertz CT molecular complexity index is 936. The fourth-order valence-electron chi connectivity index (χ4n) is 3.74. The number of thioether (sulfide) groups is 1. The van der Waals surface area contributed by atoms with Crippen LogP contribution in [0.2, 0.25) is 0 Å². The van der Waals surface area contributed by atoms with Crippen molar-refractivity contribution < 1.29 is 14.3 Å². The van der Waals surface area contributed by atoms with E-state index in [4.69, 9.17) is 21.7 Å². The van der Waals surface area contributed by atoms with Crippen LogP contribution in [0.25, 0.3) is 6.08 Å². The predicted molar refractivity (Wildman–Crippen MR) is 121 cm³/mol. The third-order valence-electron chi connectivity index (χ3n) is 5.24. The van der Waals surface area contributed by atoms with Crippen molar-refractivity contribution in [2.24, 2.45) is 0 Å². The summed E-state index contributed by atoms with van der Waals surface area (Å²) in [6, 6.07) is 16.0. The monoisotopic (exact) mass is 425 g/mol. The number of rotatable bonds is 6. The lowest BCUT2D eigenvalue weighted by molar-refractivity contribution is -0.123. The smallest absolute Gasteiger partial charge is 0.266 e. The van der Waals surface area contributed by atoms with E-state index in [1.165, 1.54) is 24.6 Å². The number of ether oxygens (including phenoxy) is 2. The summed E-state index contributed by atoms with van der Waals surface area (Å²) in [6.45, 7) is 0.469. The molecule has 2 aromatic carbocycles. The number of carbonyl (C=O) groups excluding carboxylic acids is 1. The lowest BCUT2D eigenvalue weighted by atomic mass is 10.1. The quantitative estimate of drug-likeness (QED) is 0.457. The van der Waals surface area contributed by atoms with Gasteiger partial charge in [0, 0.05) is 6.04 Å². The SMILES string of the molecule is COc1cc(C=C2SC(=S)N(C3CCCC3)C2=O)ccc1OCc1ccccc1. The number of hydrogen-bond acceptors (Lipinski definition) is 5. The normalized spacial score (nSPS) is 18.7. The van der Waals surface area contributed by atoms with E-state index in [9.17, 15) is 4.79 Å². The number of carbonyl (C=O) groups is 1. The Morgan fingerprint density at radius 2 is 1.90 bits per heavy atom. The molecule has 150 valence electrons. The van der Waals surface area contributed by atoms with Crippen LogP contribution in [0.4, 0.5) is 0 Å². The zero-order valence-electron chi connectivity index (χ0n) is 16.3. The number of amides is 1. The van der Waals surface area contributed by atoms with Crippen molar-refractivity contribution in [2.45, 2.75) is 38.3 Å². The summed E-state index contributed by atoms with van der Waals surface area (Å²) >= 11 is 6.87. The Morgan fingerprint density at radius 1 is 1.14 bits per heavy atom. The van der Waals surface area contributed by atoms with Gasteiger partial charge in [-0.3, -0.25) is 9.69 Å². The van der Waals surface area contributed by atoms with Gasteiger partial charge < -0.3 is 9.47 Å². The van der Waals surface area contributed by atoms with Crippen LogP contribution in [0.15, 0.2) is 53.4 Å². The molecule has 2 fully saturated rings. The van der Waals surface area contributed by atoms with Gasteiger partial charge in [0.05, 0.1) is 12.0 Å². The standard InChI is InChI=1S/C23H23NO3S2/c1-26-20-13-17(11-12-19(20)27-15-16-7-3-2-4-8-16)14-21-22(25)24(23(28)29-21)18-9-5-6-10-18/h2-4,7-8,11-14,18H,5-6,9-10,15H2,1H3. The number of hydrogen-bond donors (Lipinski definition) is 0. The third kappa shape index (κ3) is 4.49. The molecule has 2 aromatic rings. The fourth-order valence-corrected chi connectivity index (χ4v) is 5.14. The maximum atomic E-state index is 12.9. The lowest BCUT2D eigenvalue weighted by Crippen LogP contribution is -2.36. The van der Waals surface area contributed by atoms with Crippen LogP contribution in [-0.4, -0.2) is 28.3 Å². The first-order valence-corrected chi connectivity index (χ1v) is 11.0. The van der Waals surface area contributed by atoms with E-state index in [-0.39, 0.29) is 11.9 Å². The first kappa shape index (κ1) is 20.0. The van der Waals surface area contributed by atoms with Crippen LogP contribution in [0.3, 0.4) is 0 Å². The van der Waals surface area contributed by atoms with Gasteiger partial charge in [-0.1, -0.05) is 73.2 Å². The van der Waals surface area contributed by atoms with Crippen LogP contribution < -0.4 is 9.47 Å². The van der Waals surface area contributed by atoms with Crippen LogP contribution in [-0.2, 0) is 11.4 Å². The van der Waals surface area contributed by atoms with E-state index < -0.39 is 0 Å². The summed E-state index contributed by atoms with van der Waals surface area (Å²) in [4.78, 5) is 15.4. The highest BCUT2D eigenvalue weighted by Crippen LogP contribution is 2.38. The fraction of sp³-hybridized carbons (Fsp3) is 0.304. The highest BCUT2D eigenvalue weighted by Gasteiger charge is 2.38. The maximum absolute atomic E-state index is 12.9. The molecule has 0 aromatic heterocycles. The molecule has 29 heavy (non-hydrogen) atoms. The van der Waals surface area contributed by atoms with E-state index in [0.29, 0.717) is 27.3 Å². The van der Waals surface area contributed by atoms with Gasteiger partial charge in [-0.2, -0.15) is 0 Å². The Kier molecular flexibility index (Phi) is 6.21. The number of benzene rings is 2. The zero-order valence-corrected chi connectivity index (χ0v) is 17.9. The van der Waals surface area contributed by atoms with Gasteiger partial charge in [-0.25, -0.2) is 0 Å². The van der Waals surface area contributed by atoms with Crippen molar-refractivity contribution in [1.29, 1.82) is 0 Å². The summed E-state index contributed by atoms with van der Waals surface area (Å²) < 4.78 is 12.1. The predicted octanol–water partition coefficient (Wildman–Crippen LogP) is 5.42. The first-order chi connectivity index (χ1) is 14.2. The van der Waals surface area contributed by atoms with Crippen LogP contribution >= 0.6 is 24.0 Å². The van der Waals surface area contributed by atoms with Gasteiger partial charge in [0.15, 0.2) is 11.5 Å². The molecule has 0 spiro atoms. The average molecular weight is 426 g/mol. The van der Waals surface area contributed by atoms with Gasteiger partial charge >= 0.3 is 0 Å². The largest absolute Gasteiger partial charge is 0.493 e. The highest BCUT2D eigenvalue weighted by molar-refractivity contribution is 8.26. The van der Waals surface area contributed by atoms with Gasteiger partial charge in [0.1, 0.15) is 10.9 Å². The second-order valence-electron chi connectivity index (χ2n) is 7.17. The summed E-state index contributed by atoms with van der Waals surface area (Å²) in [5.41, 5.74) is 1.98. The van der Waals surface area contributed by atoms with Crippen molar-refractivity contribution in [1.82, 2.24) is 4.90 Å². The van der Waals surface area contributed by atoms with Crippen LogP contribution in [0.5, 0.6) is 11.5 Å². The summed E-state index contributed by atoms with van der Waals surface area (Å²) in [7, 11) is 1.62. The van der Waals surface area contributed by atoms with E-state index >= 15 is 0 Å². The number of methoxy groups -OCH3 is 1. The Hall–Kier alpha value is -2.31. The second-order valence-corrected chi connectivity index (χ2v) is 8.85. The van der Waals surface area contributed by atoms with E-state index in [2.05, 4.69) is 0 Å². The van der Waals surface area contributed by atoms with Crippen LogP contribution in [0, 0.1) is 0 Å². The molecule has 1 saturated heterocycles.